The highest BCUT2D eigenvalue weighted by atomic mass is 16.5. The highest BCUT2D eigenvalue weighted by Crippen LogP contribution is 2.19. The Morgan fingerprint density at radius 3 is 2.28 bits per heavy atom. The molecule has 0 fully saturated rings. The summed E-state index contributed by atoms with van der Waals surface area (Å²) >= 11 is 0. The normalized spacial score (nSPS) is 11.4. The second-order valence-electron chi connectivity index (χ2n) is 6.76. The second-order valence-corrected chi connectivity index (χ2v) is 6.76. The topological polar surface area (TPSA) is 102 Å². The van der Waals surface area contributed by atoms with Crippen LogP contribution in [-0.4, -0.2) is 43.8 Å². The highest BCUT2D eigenvalue weighted by molar-refractivity contribution is 5.89. The molecule has 0 aliphatic rings. The minimum absolute atomic E-state index is 0.00181. The first kappa shape index (κ1) is 21.9. The summed E-state index contributed by atoms with van der Waals surface area (Å²) in [7, 11) is 1.57. The lowest BCUT2D eigenvalue weighted by atomic mass is 10.0. The maximum atomic E-state index is 12.7. The molecule has 2 aromatic rings. The number of hydrogen-bond acceptors (Lipinski definition) is 5. The van der Waals surface area contributed by atoms with Gasteiger partial charge in [-0.3, -0.25) is 14.4 Å². The number of carbonyl (C=O) groups is 3. The van der Waals surface area contributed by atoms with Crippen molar-refractivity contribution in [3.05, 3.63) is 60.2 Å². The van der Waals surface area contributed by atoms with Crippen LogP contribution in [0, 0.1) is 0 Å². The van der Waals surface area contributed by atoms with Gasteiger partial charge in [0.05, 0.1) is 19.7 Å². The number of amides is 2. The number of benzene rings is 2. The number of nitrogens with one attached hydrogen (secondary N) is 1. The van der Waals surface area contributed by atoms with E-state index < -0.39 is 11.9 Å². The molecular weight excluding hydrogens is 370 g/mol. The fraction of sp³-hybridized carbons (Fsp3) is 0.318. The van der Waals surface area contributed by atoms with Crippen LogP contribution in [-0.2, 0) is 20.8 Å². The lowest BCUT2D eigenvalue weighted by Gasteiger charge is -2.25. The average molecular weight is 397 g/mol. The van der Waals surface area contributed by atoms with E-state index in [2.05, 4.69) is 5.32 Å². The molecule has 0 radical (unpaired) electrons. The van der Waals surface area contributed by atoms with E-state index >= 15 is 0 Å². The number of methoxy groups -OCH3 is 1. The van der Waals surface area contributed by atoms with Crippen LogP contribution in [0.5, 0.6) is 5.75 Å². The number of carbonyl (C=O) groups excluding carboxylic acids is 3. The Morgan fingerprint density at radius 2 is 1.72 bits per heavy atom. The molecule has 0 saturated carbocycles. The molecule has 0 aliphatic carbocycles. The van der Waals surface area contributed by atoms with E-state index in [0.717, 1.165) is 11.3 Å². The van der Waals surface area contributed by atoms with Gasteiger partial charge in [-0.1, -0.05) is 30.3 Å². The summed E-state index contributed by atoms with van der Waals surface area (Å²) < 4.78 is 5.15. The minimum Gasteiger partial charge on any atom is -0.497 e. The van der Waals surface area contributed by atoms with Crippen LogP contribution in [0.25, 0.3) is 0 Å². The van der Waals surface area contributed by atoms with E-state index in [-0.39, 0.29) is 24.7 Å². The quantitative estimate of drug-likeness (QED) is 0.601. The zero-order chi connectivity index (χ0) is 21.2. The van der Waals surface area contributed by atoms with Gasteiger partial charge >= 0.3 is 0 Å². The summed E-state index contributed by atoms with van der Waals surface area (Å²) in [6, 6.07) is 16.1. The predicted molar refractivity (Wildman–Crippen MR) is 112 cm³/mol. The Bertz CT molecular complexity index is 822. The molecule has 0 heterocycles. The van der Waals surface area contributed by atoms with Gasteiger partial charge in [0.2, 0.25) is 11.8 Å². The molecule has 0 aliphatic heterocycles. The summed E-state index contributed by atoms with van der Waals surface area (Å²) in [5, 5.41) is 2.80. The van der Waals surface area contributed by atoms with Gasteiger partial charge in [-0.2, -0.15) is 0 Å². The fourth-order valence-electron chi connectivity index (χ4n) is 2.90. The third kappa shape index (κ3) is 7.29. The smallest absolute Gasteiger partial charge is 0.240 e. The lowest BCUT2D eigenvalue weighted by molar-refractivity contribution is -0.126. The van der Waals surface area contributed by atoms with Crippen molar-refractivity contribution in [3.8, 4) is 5.75 Å². The van der Waals surface area contributed by atoms with Crippen LogP contribution in [0.2, 0.25) is 0 Å². The van der Waals surface area contributed by atoms with Gasteiger partial charge in [0, 0.05) is 18.7 Å². The van der Waals surface area contributed by atoms with E-state index in [1.54, 1.807) is 36.3 Å². The third-order valence-electron chi connectivity index (χ3n) is 4.51. The van der Waals surface area contributed by atoms with Crippen molar-refractivity contribution in [1.29, 1.82) is 0 Å². The number of Topliss-reactive ketones (excluding diaryl/α,β-unsaturated/α-hetero) is 1. The van der Waals surface area contributed by atoms with Crippen molar-refractivity contribution < 1.29 is 19.1 Å². The van der Waals surface area contributed by atoms with Gasteiger partial charge in [0.1, 0.15) is 5.75 Å². The Kier molecular flexibility index (Phi) is 8.21. The molecule has 1 unspecified atom stereocenters. The first-order valence-electron chi connectivity index (χ1n) is 9.40. The number of anilines is 1. The Hall–Kier alpha value is -3.35. The molecule has 2 amide bonds. The number of ketones is 1. The van der Waals surface area contributed by atoms with Crippen molar-refractivity contribution in [2.45, 2.75) is 25.8 Å². The minimum atomic E-state index is -0.612. The monoisotopic (exact) mass is 397 g/mol. The molecule has 0 spiro atoms. The molecule has 3 N–H and O–H groups in total. The number of ether oxygens (including phenoxy) is 1. The van der Waals surface area contributed by atoms with Crippen molar-refractivity contribution >= 4 is 23.3 Å². The van der Waals surface area contributed by atoms with Crippen LogP contribution >= 0.6 is 0 Å². The van der Waals surface area contributed by atoms with E-state index in [0.29, 0.717) is 18.7 Å². The maximum absolute atomic E-state index is 12.7. The van der Waals surface area contributed by atoms with Crippen LogP contribution in [0.1, 0.15) is 18.9 Å². The molecule has 2 aromatic carbocycles. The van der Waals surface area contributed by atoms with Crippen LogP contribution in [0.4, 0.5) is 5.69 Å². The van der Waals surface area contributed by atoms with Gasteiger partial charge < -0.3 is 20.7 Å². The SMILES string of the molecule is COc1ccc(N(CCC(N)=O)CC(=O)NC(Cc2ccccc2)C(C)=O)cc1. The van der Waals surface area contributed by atoms with Crippen molar-refractivity contribution in [2.75, 3.05) is 25.1 Å². The number of primary amides is 1. The second kappa shape index (κ2) is 10.8. The Labute approximate surface area is 170 Å². The predicted octanol–water partition coefficient (Wildman–Crippen LogP) is 1.69. The highest BCUT2D eigenvalue weighted by Gasteiger charge is 2.20. The van der Waals surface area contributed by atoms with E-state index in [4.69, 9.17) is 10.5 Å². The summed E-state index contributed by atoms with van der Waals surface area (Å²) in [5.74, 6) is -0.182. The maximum Gasteiger partial charge on any atom is 0.240 e. The largest absolute Gasteiger partial charge is 0.497 e. The van der Waals surface area contributed by atoms with E-state index in [1.165, 1.54) is 6.92 Å². The van der Waals surface area contributed by atoms with Crippen LogP contribution in [0.15, 0.2) is 54.6 Å². The van der Waals surface area contributed by atoms with Gasteiger partial charge in [-0.05, 0) is 43.2 Å². The molecule has 29 heavy (non-hydrogen) atoms. The zero-order valence-corrected chi connectivity index (χ0v) is 16.8. The van der Waals surface area contributed by atoms with Crippen LogP contribution in [0.3, 0.4) is 0 Å². The average Bonchev–Trinajstić information content (AvgIpc) is 2.71. The molecule has 0 saturated heterocycles. The third-order valence-corrected chi connectivity index (χ3v) is 4.51. The van der Waals surface area contributed by atoms with Crippen LogP contribution < -0.4 is 20.7 Å². The summed E-state index contributed by atoms with van der Waals surface area (Å²) in [4.78, 5) is 37.6. The Balaban J connectivity index is 2.07. The number of nitrogens with two attached hydrogens (primary N) is 1. The molecule has 1 atom stereocenters. The molecule has 0 aromatic heterocycles. The lowest BCUT2D eigenvalue weighted by Crippen LogP contribution is -2.46. The van der Waals surface area contributed by atoms with E-state index in [9.17, 15) is 14.4 Å². The van der Waals surface area contributed by atoms with Crippen molar-refractivity contribution in [2.24, 2.45) is 5.73 Å². The molecule has 154 valence electrons. The number of rotatable bonds is 11. The summed E-state index contributed by atoms with van der Waals surface area (Å²) in [6.45, 7) is 1.75. The Morgan fingerprint density at radius 1 is 1.07 bits per heavy atom. The first-order chi connectivity index (χ1) is 13.9. The molecular formula is C22H27N3O4. The number of nitrogens with zero attached hydrogens (tertiary/aromatic N) is 1. The van der Waals surface area contributed by atoms with Gasteiger partial charge in [0.25, 0.3) is 0 Å². The molecule has 0 bridgehead atoms. The van der Waals surface area contributed by atoms with E-state index in [1.807, 2.05) is 30.3 Å². The summed E-state index contributed by atoms with van der Waals surface area (Å²) in [6.07, 6.45) is 0.533. The molecule has 7 heteroatoms. The zero-order valence-electron chi connectivity index (χ0n) is 16.8. The summed E-state index contributed by atoms with van der Waals surface area (Å²) in [5.41, 5.74) is 6.99. The van der Waals surface area contributed by atoms with Gasteiger partial charge in [-0.25, -0.2) is 0 Å². The fourth-order valence-corrected chi connectivity index (χ4v) is 2.90. The standard InChI is InChI=1S/C22H27N3O4/c1-16(26)20(14-17-6-4-3-5-7-17)24-22(28)15-25(13-12-21(23)27)18-8-10-19(29-2)11-9-18/h3-11,20H,12-15H2,1-2H3,(H2,23,27)(H,24,28). The number of hydrogen-bond donors (Lipinski definition) is 2. The molecule has 2 rings (SSSR count). The van der Waals surface area contributed by atoms with Gasteiger partial charge in [-0.15, -0.1) is 0 Å². The van der Waals surface area contributed by atoms with Gasteiger partial charge in [0.15, 0.2) is 5.78 Å². The first-order valence-corrected chi connectivity index (χ1v) is 9.40. The van der Waals surface area contributed by atoms with Crippen molar-refractivity contribution in [3.63, 3.8) is 0 Å². The molecule has 7 nitrogen and oxygen atoms in total. The van der Waals surface area contributed by atoms with Crippen molar-refractivity contribution in [1.82, 2.24) is 5.32 Å².